The zero-order chi connectivity index (χ0) is 15.1. The lowest BCUT2D eigenvalue weighted by molar-refractivity contribution is 0.0663. The average Bonchev–Trinajstić information content (AvgIpc) is 3.15. The first-order valence-corrected chi connectivity index (χ1v) is 8.35. The van der Waals surface area contributed by atoms with Crippen LogP contribution in [0.3, 0.4) is 0 Å². The maximum atomic E-state index is 9.99. The van der Waals surface area contributed by atoms with E-state index >= 15 is 0 Å². The van der Waals surface area contributed by atoms with Crippen LogP contribution < -0.4 is 0 Å². The van der Waals surface area contributed by atoms with E-state index in [0.717, 1.165) is 19.6 Å². The number of aryl methyl sites for hydroxylation is 1. The van der Waals surface area contributed by atoms with E-state index in [0.29, 0.717) is 19.1 Å². The molecule has 22 heavy (non-hydrogen) atoms. The van der Waals surface area contributed by atoms with Crippen molar-refractivity contribution in [2.45, 2.75) is 44.4 Å². The molecule has 3 heterocycles. The molecule has 3 aliphatic heterocycles. The number of hydrogen-bond donors (Lipinski definition) is 1. The first-order valence-electron chi connectivity index (χ1n) is 8.35. The van der Waals surface area contributed by atoms with Gasteiger partial charge in [0.15, 0.2) is 0 Å². The van der Waals surface area contributed by atoms with Crippen LogP contribution >= 0.6 is 0 Å². The molecule has 3 aliphatic rings. The fourth-order valence-corrected chi connectivity index (χ4v) is 4.16. The van der Waals surface area contributed by atoms with Gasteiger partial charge >= 0.3 is 0 Å². The van der Waals surface area contributed by atoms with Crippen molar-refractivity contribution >= 4 is 6.21 Å². The van der Waals surface area contributed by atoms with E-state index in [4.69, 9.17) is 4.74 Å². The van der Waals surface area contributed by atoms with E-state index < -0.39 is 0 Å². The van der Waals surface area contributed by atoms with Gasteiger partial charge in [-0.25, -0.2) is 0 Å². The third-order valence-electron chi connectivity index (χ3n) is 5.48. The highest BCUT2D eigenvalue weighted by Gasteiger charge is 2.34. The molecule has 0 saturated carbocycles. The van der Waals surface area contributed by atoms with Gasteiger partial charge in [-0.1, -0.05) is 6.07 Å². The number of rotatable bonds is 2. The van der Waals surface area contributed by atoms with Gasteiger partial charge in [-0.05, 0) is 67.1 Å². The van der Waals surface area contributed by atoms with Crippen molar-refractivity contribution < 1.29 is 9.84 Å². The summed E-state index contributed by atoms with van der Waals surface area (Å²) in [6.07, 6.45) is 4.03. The van der Waals surface area contributed by atoms with Crippen LogP contribution in [0.5, 0.6) is 0 Å². The van der Waals surface area contributed by atoms with Gasteiger partial charge in [-0.15, -0.1) is 0 Å². The molecular weight excluding hydrogens is 276 g/mol. The Kier molecular flexibility index (Phi) is 3.76. The first-order chi connectivity index (χ1) is 10.7. The van der Waals surface area contributed by atoms with Crippen LogP contribution in [-0.4, -0.2) is 54.7 Å². The summed E-state index contributed by atoms with van der Waals surface area (Å²) in [4.78, 5) is 6.79. The van der Waals surface area contributed by atoms with E-state index in [1.807, 2.05) is 6.21 Å². The van der Waals surface area contributed by atoms with Crippen molar-refractivity contribution in [1.29, 1.82) is 0 Å². The number of aliphatic imine (C=N–C) groups is 1. The largest absolute Gasteiger partial charge is 0.389 e. The third-order valence-corrected chi connectivity index (χ3v) is 5.48. The van der Waals surface area contributed by atoms with Crippen molar-refractivity contribution in [2.75, 3.05) is 26.3 Å². The third kappa shape index (κ3) is 2.49. The second-order valence-corrected chi connectivity index (χ2v) is 6.86. The van der Waals surface area contributed by atoms with Crippen LogP contribution in [-0.2, 0) is 11.3 Å². The Bertz CT molecular complexity index is 591. The van der Waals surface area contributed by atoms with Gasteiger partial charge in [-0.3, -0.25) is 9.89 Å². The van der Waals surface area contributed by atoms with Crippen molar-refractivity contribution in [1.82, 2.24) is 4.90 Å². The maximum absolute atomic E-state index is 9.99. The highest BCUT2D eigenvalue weighted by molar-refractivity contribution is 5.85. The molecule has 118 valence electrons. The van der Waals surface area contributed by atoms with Gasteiger partial charge in [0, 0.05) is 6.21 Å². The van der Waals surface area contributed by atoms with Crippen LogP contribution in [0.4, 0.5) is 0 Å². The summed E-state index contributed by atoms with van der Waals surface area (Å²) in [7, 11) is 0. The quantitative estimate of drug-likeness (QED) is 0.907. The van der Waals surface area contributed by atoms with Crippen molar-refractivity contribution in [2.24, 2.45) is 4.99 Å². The molecule has 2 fully saturated rings. The number of ether oxygens (including phenoxy) is 1. The summed E-state index contributed by atoms with van der Waals surface area (Å²) in [6, 6.07) is 4.88. The molecule has 0 amide bonds. The number of piperidine rings is 1. The normalized spacial score (nSPS) is 29.2. The zero-order valence-corrected chi connectivity index (χ0v) is 13.2. The van der Waals surface area contributed by atoms with Gasteiger partial charge in [-0.2, -0.15) is 0 Å². The fraction of sp³-hybridized carbons (Fsp3) is 0.611. The molecule has 4 heteroatoms. The number of hydrogen-bond acceptors (Lipinski definition) is 4. The molecule has 2 atom stereocenters. The fourth-order valence-electron chi connectivity index (χ4n) is 4.16. The van der Waals surface area contributed by atoms with Gasteiger partial charge in [0.05, 0.1) is 31.9 Å². The summed E-state index contributed by atoms with van der Waals surface area (Å²) in [5, 5.41) is 9.99. The molecule has 0 bridgehead atoms. The lowest BCUT2D eigenvalue weighted by Gasteiger charge is -2.37. The van der Waals surface area contributed by atoms with Crippen LogP contribution in [0.25, 0.3) is 0 Å². The monoisotopic (exact) mass is 300 g/mol. The number of aliphatic hydroxyl groups is 1. The second-order valence-electron chi connectivity index (χ2n) is 6.86. The smallest absolute Gasteiger partial charge is 0.0950 e. The van der Waals surface area contributed by atoms with E-state index in [2.05, 4.69) is 28.9 Å². The second kappa shape index (κ2) is 5.76. The Morgan fingerprint density at radius 3 is 2.77 bits per heavy atom. The Hall–Kier alpha value is -1.23. The highest BCUT2D eigenvalue weighted by atomic mass is 16.5. The molecule has 0 aromatic heterocycles. The number of benzene rings is 1. The Balaban J connectivity index is 1.46. The Morgan fingerprint density at radius 1 is 1.23 bits per heavy atom. The maximum Gasteiger partial charge on any atom is 0.0950 e. The van der Waals surface area contributed by atoms with E-state index in [1.54, 1.807) is 0 Å². The van der Waals surface area contributed by atoms with Crippen LogP contribution in [0, 0.1) is 6.92 Å². The number of nitrogens with zero attached hydrogens (tertiary/aromatic N) is 2. The summed E-state index contributed by atoms with van der Waals surface area (Å²) >= 11 is 0. The van der Waals surface area contributed by atoms with Crippen LogP contribution in [0.1, 0.15) is 41.0 Å². The van der Waals surface area contributed by atoms with Crippen LogP contribution in [0.2, 0.25) is 0 Å². The van der Waals surface area contributed by atoms with Crippen molar-refractivity contribution in [3.05, 3.63) is 34.4 Å². The molecule has 0 aliphatic carbocycles. The molecule has 0 radical (unpaired) electrons. The molecular formula is C18H24N2O2. The lowest BCUT2D eigenvalue weighted by atomic mass is 9.84. The molecule has 1 N–H and O–H groups in total. The summed E-state index contributed by atoms with van der Waals surface area (Å²) in [5.41, 5.74) is 5.58. The zero-order valence-electron chi connectivity index (χ0n) is 13.2. The number of likely N-dealkylation sites (tertiary alicyclic amines) is 1. The van der Waals surface area contributed by atoms with Gasteiger partial charge in [0.1, 0.15) is 0 Å². The molecule has 1 aromatic carbocycles. The van der Waals surface area contributed by atoms with Gasteiger partial charge in [0.25, 0.3) is 0 Å². The Labute approximate surface area is 131 Å². The average molecular weight is 300 g/mol. The first kappa shape index (κ1) is 14.4. The van der Waals surface area contributed by atoms with E-state index in [-0.39, 0.29) is 12.1 Å². The predicted octanol–water partition coefficient (Wildman–Crippen LogP) is 1.87. The minimum absolute atomic E-state index is 0.204. The molecule has 1 aromatic rings. The summed E-state index contributed by atoms with van der Waals surface area (Å²) in [5.74, 6) is 0.640. The summed E-state index contributed by atoms with van der Waals surface area (Å²) in [6.45, 7) is 6.36. The van der Waals surface area contributed by atoms with Gasteiger partial charge < -0.3 is 9.84 Å². The molecule has 2 saturated heterocycles. The molecule has 0 spiro atoms. The van der Waals surface area contributed by atoms with E-state index in [1.165, 1.54) is 35.1 Å². The number of aliphatic hydroxyl groups excluding tert-OH is 1. The van der Waals surface area contributed by atoms with Crippen LogP contribution in [0.15, 0.2) is 17.1 Å². The molecule has 4 rings (SSSR count). The van der Waals surface area contributed by atoms with Gasteiger partial charge in [0.2, 0.25) is 0 Å². The summed E-state index contributed by atoms with van der Waals surface area (Å²) < 4.78 is 5.40. The minimum atomic E-state index is -0.310. The van der Waals surface area contributed by atoms with Crippen molar-refractivity contribution in [3.63, 3.8) is 0 Å². The highest BCUT2D eigenvalue weighted by Crippen LogP contribution is 2.34. The predicted molar refractivity (Wildman–Crippen MR) is 86.6 cm³/mol. The van der Waals surface area contributed by atoms with Crippen molar-refractivity contribution in [3.8, 4) is 0 Å². The van der Waals surface area contributed by atoms with E-state index in [9.17, 15) is 5.11 Å². The lowest BCUT2D eigenvalue weighted by Crippen LogP contribution is -2.46. The number of fused-ring (bicyclic) bond motifs is 1. The SMILES string of the molecule is Cc1cc2c(cc1C1CCN(C3COCC3O)CC1)CN=C2. The molecule has 4 nitrogen and oxygen atoms in total. The Morgan fingerprint density at radius 2 is 2.05 bits per heavy atom. The molecule has 2 unspecified atom stereocenters. The topological polar surface area (TPSA) is 45.1 Å². The minimum Gasteiger partial charge on any atom is -0.389 e. The standard InChI is InChI=1S/C18H24N2O2/c1-12-6-14-8-19-9-15(14)7-16(12)13-2-4-20(5-3-13)17-10-22-11-18(17)21/h6-8,13,17-18,21H,2-5,9-11H2,1H3.